The van der Waals surface area contributed by atoms with Crippen molar-refractivity contribution in [2.75, 3.05) is 17.7 Å². The van der Waals surface area contributed by atoms with Crippen molar-refractivity contribution in [3.05, 3.63) is 6.20 Å². The van der Waals surface area contributed by atoms with Crippen molar-refractivity contribution >= 4 is 22.8 Å². The number of nitrogens with zero attached hydrogens (tertiary/aromatic N) is 5. The van der Waals surface area contributed by atoms with Crippen LogP contribution in [0.4, 0.5) is 11.8 Å². The molecule has 0 atom stereocenters. The SMILES string of the molecule is CC1CCC(N(C)c2nc(N)c3cnn(C)c3n2)CC1. The molecule has 6 heteroatoms. The molecule has 6 nitrogen and oxygen atoms in total. The van der Waals surface area contributed by atoms with Gasteiger partial charge in [-0.15, -0.1) is 0 Å². The molecule has 108 valence electrons. The number of nitrogen functional groups attached to an aromatic ring is 1. The first-order chi connectivity index (χ1) is 9.56. The average molecular weight is 274 g/mol. The molecular formula is C14H22N6. The van der Waals surface area contributed by atoms with E-state index in [1.807, 2.05) is 7.05 Å². The molecule has 2 N–H and O–H groups in total. The minimum atomic E-state index is 0.508. The van der Waals surface area contributed by atoms with Crippen LogP contribution in [-0.4, -0.2) is 32.8 Å². The summed E-state index contributed by atoms with van der Waals surface area (Å²) in [5, 5.41) is 5.02. The number of hydrogen-bond donors (Lipinski definition) is 1. The summed E-state index contributed by atoms with van der Waals surface area (Å²) in [6.07, 6.45) is 6.67. The number of fused-ring (bicyclic) bond motifs is 1. The number of hydrogen-bond acceptors (Lipinski definition) is 5. The van der Waals surface area contributed by atoms with Crippen LogP contribution in [0, 0.1) is 5.92 Å². The van der Waals surface area contributed by atoms with Crippen LogP contribution in [0.15, 0.2) is 6.20 Å². The number of rotatable bonds is 2. The summed E-state index contributed by atoms with van der Waals surface area (Å²) in [5.41, 5.74) is 6.82. The van der Waals surface area contributed by atoms with Crippen LogP contribution < -0.4 is 10.6 Å². The van der Waals surface area contributed by atoms with Gasteiger partial charge in [0.05, 0.1) is 11.6 Å². The predicted molar refractivity (Wildman–Crippen MR) is 80.5 cm³/mol. The Morgan fingerprint density at radius 3 is 2.65 bits per heavy atom. The summed E-state index contributed by atoms with van der Waals surface area (Å²) in [6, 6.07) is 0.510. The van der Waals surface area contributed by atoms with Crippen LogP contribution >= 0.6 is 0 Å². The molecule has 1 aliphatic rings. The maximum atomic E-state index is 6.03. The second kappa shape index (κ2) is 4.92. The third kappa shape index (κ3) is 2.19. The Hall–Kier alpha value is -1.85. The molecule has 0 spiro atoms. The summed E-state index contributed by atoms with van der Waals surface area (Å²) in [4.78, 5) is 11.2. The zero-order valence-corrected chi connectivity index (χ0v) is 12.4. The van der Waals surface area contributed by atoms with Gasteiger partial charge < -0.3 is 10.6 Å². The molecule has 2 aromatic rings. The Morgan fingerprint density at radius 2 is 1.95 bits per heavy atom. The van der Waals surface area contributed by atoms with E-state index in [0.29, 0.717) is 17.8 Å². The summed E-state index contributed by atoms with van der Waals surface area (Å²) in [6.45, 7) is 2.33. The van der Waals surface area contributed by atoms with Gasteiger partial charge in [-0.05, 0) is 31.6 Å². The summed E-state index contributed by atoms with van der Waals surface area (Å²) < 4.78 is 1.74. The molecule has 1 saturated carbocycles. The molecule has 0 aromatic carbocycles. The predicted octanol–water partition coefficient (Wildman–Crippen LogP) is 1.96. The van der Waals surface area contributed by atoms with Gasteiger partial charge in [0.1, 0.15) is 5.82 Å². The number of aromatic nitrogens is 4. The van der Waals surface area contributed by atoms with Crippen LogP contribution in [-0.2, 0) is 7.05 Å². The van der Waals surface area contributed by atoms with Gasteiger partial charge in [-0.2, -0.15) is 15.1 Å². The van der Waals surface area contributed by atoms with E-state index in [1.165, 1.54) is 25.7 Å². The van der Waals surface area contributed by atoms with Crippen LogP contribution in [0.25, 0.3) is 11.0 Å². The molecule has 0 unspecified atom stereocenters. The highest BCUT2D eigenvalue weighted by atomic mass is 15.3. The lowest BCUT2D eigenvalue weighted by molar-refractivity contribution is 0.339. The summed E-state index contributed by atoms with van der Waals surface area (Å²) in [5.74, 6) is 2.05. The van der Waals surface area contributed by atoms with Crippen molar-refractivity contribution in [1.82, 2.24) is 19.7 Å². The fourth-order valence-corrected chi connectivity index (χ4v) is 2.98. The van der Waals surface area contributed by atoms with Gasteiger partial charge in [-0.3, -0.25) is 4.68 Å². The van der Waals surface area contributed by atoms with Crippen molar-refractivity contribution in [3.63, 3.8) is 0 Å². The molecule has 2 heterocycles. The number of aryl methyl sites for hydroxylation is 1. The van der Waals surface area contributed by atoms with E-state index >= 15 is 0 Å². The second-order valence-corrected chi connectivity index (χ2v) is 5.94. The van der Waals surface area contributed by atoms with Crippen LogP contribution in [0.1, 0.15) is 32.6 Å². The molecule has 2 aromatic heterocycles. The molecule has 1 fully saturated rings. The van der Waals surface area contributed by atoms with Gasteiger partial charge >= 0.3 is 0 Å². The van der Waals surface area contributed by atoms with Gasteiger partial charge in [0, 0.05) is 20.1 Å². The Bertz CT molecular complexity index is 611. The van der Waals surface area contributed by atoms with Gasteiger partial charge in [0.2, 0.25) is 5.95 Å². The zero-order chi connectivity index (χ0) is 14.3. The molecule has 0 aliphatic heterocycles. The first-order valence-electron chi connectivity index (χ1n) is 7.24. The first-order valence-corrected chi connectivity index (χ1v) is 7.24. The van der Waals surface area contributed by atoms with Crippen LogP contribution in [0.5, 0.6) is 0 Å². The van der Waals surface area contributed by atoms with Crippen molar-refractivity contribution < 1.29 is 0 Å². The third-order valence-corrected chi connectivity index (χ3v) is 4.46. The van der Waals surface area contributed by atoms with E-state index in [1.54, 1.807) is 10.9 Å². The van der Waals surface area contributed by atoms with E-state index in [2.05, 4.69) is 33.9 Å². The Kier molecular flexibility index (Phi) is 3.23. The van der Waals surface area contributed by atoms with Crippen molar-refractivity contribution in [1.29, 1.82) is 0 Å². The highest BCUT2D eigenvalue weighted by Gasteiger charge is 2.24. The normalized spacial score (nSPS) is 23.1. The monoisotopic (exact) mass is 274 g/mol. The van der Waals surface area contributed by atoms with E-state index in [-0.39, 0.29) is 0 Å². The maximum Gasteiger partial charge on any atom is 0.229 e. The average Bonchev–Trinajstić information content (AvgIpc) is 2.81. The lowest BCUT2D eigenvalue weighted by Gasteiger charge is -2.33. The fraction of sp³-hybridized carbons (Fsp3) is 0.643. The Balaban J connectivity index is 1.91. The standard InChI is InChI=1S/C14H22N6/c1-9-4-6-10(7-5-9)19(2)14-17-12(15)11-8-16-20(3)13(11)18-14/h8-10H,4-7H2,1-3H3,(H2,15,17,18). The molecule has 0 radical (unpaired) electrons. The second-order valence-electron chi connectivity index (χ2n) is 5.94. The smallest absolute Gasteiger partial charge is 0.229 e. The van der Waals surface area contributed by atoms with E-state index in [4.69, 9.17) is 5.73 Å². The van der Waals surface area contributed by atoms with Crippen molar-refractivity contribution in [3.8, 4) is 0 Å². The lowest BCUT2D eigenvalue weighted by Crippen LogP contribution is -2.36. The largest absolute Gasteiger partial charge is 0.383 e. The molecule has 0 amide bonds. The molecule has 20 heavy (non-hydrogen) atoms. The van der Waals surface area contributed by atoms with E-state index in [9.17, 15) is 0 Å². The number of nitrogens with two attached hydrogens (primary N) is 1. The highest BCUT2D eigenvalue weighted by Crippen LogP contribution is 2.29. The van der Waals surface area contributed by atoms with Crippen LogP contribution in [0.2, 0.25) is 0 Å². The van der Waals surface area contributed by atoms with Gasteiger partial charge in [-0.1, -0.05) is 6.92 Å². The highest BCUT2D eigenvalue weighted by molar-refractivity contribution is 5.86. The van der Waals surface area contributed by atoms with Gasteiger partial charge in [0.15, 0.2) is 5.65 Å². The van der Waals surface area contributed by atoms with Crippen molar-refractivity contribution in [2.24, 2.45) is 13.0 Å². The van der Waals surface area contributed by atoms with Gasteiger partial charge in [-0.25, -0.2) is 0 Å². The molecule has 0 bridgehead atoms. The quantitative estimate of drug-likeness (QED) is 0.906. The fourth-order valence-electron chi connectivity index (χ4n) is 2.98. The van der Waals surface area contributed by atoms with E-state index < -0.39 is 0 Å². The Morgan fingerprint density at radius 1 is 1.25 bits per heavy atom. The minimum absolute atomic E-state index is 0.508. The molecule has 3 rings (SSSR count). The topological polar surface area (TPSA) is 72.9 Å². The lowest BCUT2D eigenvalue weighted by atomic mass is 9.87. The molecular weight excluding hydrogens is 252 g/mol. The summed E-state index contributed by atoms with van der Waals surface area (Å²) in [7, 11) is 3.94. The third-order valence-electron chi connectivity index (χ3n) is 4.46. The maximum absolute atomic E-state index is 6.03. The van der Waals surface area contributed by atoms with E-state index in [0.717, 1.165) is 17.0 Å². The van der Waals surface area contributed by atoms with Crippen molar-refractivity contribution in [2.45, 2.75) is 38.6 Å². The first kappa shape index (κ1) is 13.1. The Labute approximate surface area is 119 Å². The molecule has 1 aliphatic carbocycles. The minimum Gasteiger partial charge on any atom is -0.383 e. The summed E-state index contributed by atoms with van der Waals surface area (Å²) >= 11 is 0. The molecule has 0 saturated heterocycles. The van der Waals surface area contributed by atoms with Crippen LogP contribution in [0.3, 0.4) is 0 Å². The number of anilines is 2. The van der Waals surface area contributed by atoms with Gasteiger partial charge in [0.25, 0.3) is 0 Å². The zero-order valence-electron chi connectivity index (χ0n) is 12.4.